The Kier molecular flexibility index (Phi) is 6.56. The van der Waals surface area contributed by atoms with Crippen LogP contribution in [0.25, 0.3) is 22.2 Å². The summed E-state index contributed by atoms with van der Waals surface area (Å²) < 4.78 is 15.6. The van der Waals surface area contributed by atoms with E-state index >= 15 is 0 Å². The summed E-state index contributed by atoms with van der Waals surface area (Å²) in [6.07, 6.45) is 5.92. The number of pyridine rings is 1. The average molecular weight is 478 g/mol. The van der Waals surface area contributed by atoms with Gasteiger partial charge in [0.25, 0.3) is 0 Å². The second kappa shape index (κ2) is 9.91. The van der Waals surface area contributed by atoms with Crippen LogP contribution in [0.5, 0.6) is 0 Å². The normalized spacial score (nSPS) is 16.0. The molecule has 1 unspecified atom stereocenters. The van der Waals surface area contributed by atoms with E-state index in [1.54, 1.807) is 24.7 Å². The monoisotopic (exact) mass is 477 g/mol. The quantitative estimate of drug-likeness (QED) is 0.406. The Morgan fingerprint density at radius 3 is 2.94 bits per heavy atom. The lowest BCUT2D eigenvalue weighted by atomic mass is 9.99. The summed E-state index contributed by atoms with van der Waals surface area (Å²) in [6.45, 7) is 2.31. The molecule has 1 aliphatic rings. The predicted molar refractivity (Wildman–Crippen MR) is 132 cm³/mol. The molecule has 4 aromatic rings. The number of hydrogen-bond acceptors (Lipinski definition) is 4. The van der Waals surface area contributed by atoms with Gasteiger partial charge in [-0.15, -0.1) is 0 Å². The number of nitrogens with zero attached hydrogens (tertiary/aromatic N) is 3. The maximum absolute atomic E-state index is 13.5. The third-order valence-electron chi connectivity index (χ3n) is 6.24. The van der Waals surface area contributed by atoms with Gasteiger partial charge in [-0.25, -0.2) is 14.4 Å². The Balaban J connectivity index is 1.38. The highest BCUT2D eigenvalue weighted by Crippen LogP contribution is 2.31. The number of nitrogens with one attached hydrogen (secondary N) is 2. The number of halogens is 2. The van der Waals surface area contributed by atoms with Crippen molar-refractivity contribution in [2.75, 3.05) is 18.4 Å². The molecule has 1 aliphatic heterocycles. The predicted octanol–water partition coefficient (Wildman–Crippen LogP) is 5.07. The lowest BCUT2D eigenvalue weighted by molar-refractivity contribution is -0.120. The van der Waals surface area contributed by atoms with Gasteiger partial charge >= 0.3 is 0 Å². The lowest BCUT2D eigenvalue weighted by Gasteiger charge is -2.21. The van der Waals surface area contributed by atoms with Crippen molar-refractivity contribution < 1.29 is 9.18 Å². The van der Waals surface area contributed by atoms with Gasteiger partial charge in [0.2, 0.25) is 5.91 Å². The minimum absolute atomic E-state index is 0.0288. The van der Waals surface area contributed by atoms with Gasteiger partial charge in [-0.3, -0.25) is 4.79 Å². The standard InChI is InChI=1S/C26H25ClFN5O/c27-22-15-30-25(32-26(34)19-4-2-9-29-14-19)13-21(22)18-6-7-23-24(12-18)33(16-31-23)10-8-17-3-1-5-20(28)11-17/h1,3,5-7,11-13,15-16,19,29H,2,4,8-10,14H2,(H,30,32,34). The Morgan fingerprint density at radius 1 is 1.21 bits per heavy atom. The van der Waals surface area contributed by atoms with Gasteiger partial charge in [0.1, 0.15) is 11.6 Å². The van der Waals surface area contributed by atoms with Crippen molar-refractivity contribution in [2.24, 2.45) is 5.92 Å². The first-order valence-corrected chi connectivity index (χ1v) is 11.8. The largest absolute Gasteiger partial charge is 0.330 e. The molecule has 5 rings (SSSR count). The second-order valence-corrected chi connectivity index (χ2v) is 9.01. The number of hydrogen-bond donors (Lipinski definition) is 2. The molecule has 0 bridgehead atoms. The van der Waals surface area contributed by atoms with Crippen molar-refractivity contribution in [3.63, 3.8) is 0 Å². The molecule has 3 heterocycles. The summed E-state index contributed by atoms with van der Waals surface area (Å²) in [5.41, 5.74) is 4.45. The van der Waals surface area contributed by atoms with Crippen LogP contribution >= 0.6 is 11.6 Å². The molecule has 6 nitrogen and oxygen atoms in total. The van der Waals surface area contributed by atoms with E-state index in [-0.39, 0.29) is 17.6 Å². The van der Waals surface area contributed by atoms with Crippen molar-refractivity contribution in [1.82, 2.24) is 19.9 Å². The first-order valence-electron chi connectivity index (χ1n) is 11.4. The molecule has 0 spiro atoms. The van der Waals surface area contributed by atoms with Crippen LogP contribution < -0.4 is 10.6 Å². The topological polar surface area (TPSA) is 71.8 Å². The minimum Gasteiger partial charge on any atom is -0.330 e. The number of aromatic nitrogens is 3. The third kappa shape index (κ3) is 4.95. The second-order valence-electron chi connectivity index (χ2n) is 8.60. The maximum atomic E-state index is 13.5. The lowest BCUT2D eigenvalue weighted by Crippen LogP contribution is -2.37. The number of imidazole rings is 1. The fourth-order valence-corrected chi connectivity index (χ4v) is 4.59. The van der Waals surface area contributed by atoms with Crippen LogP contribution in [-0.4, -0.2) is 33.5 Å². The van der Waals surface area contributed by atoms with Crippen LogP contribution in [0.15, 0.2) is 61.1 Å². The molecule has 1 atom stereocenters. The number of amides is 1. The molecule has 174 valence electrons. The van der Waals surface area contributed by atoms with Crippen molar-refractivity contribution in [3.8, 4) is 11.1 Å². The smallest absolute Gasteiger partial charge is 0.229 e. The number of rotatable bonds is 6. The van der Waals surface area contributed by atoms with Crippen LogP contribution in [0.3, 0.4) is 0 Å². The van der Waals surface area contributed by atoms with Crippen LogP contribution in [0.4, 0.5) is 10.2 Å². The molecule has 2 N–H and O–H groups in total. The number of carbonyl (C=O) groups excluding carboxylic acids is 1. The molecule has 2 aromatic carbocycles. The van der Waals surface area contributed by atoms with Gasteiger partial charge in [-0.05, 0) is 67.3 Å². The Hall–Kier alpha value is -3.29. The number of benzene rings is 2. The van der Waals surface area contributed by atoms with Crippen molar-refractivity contribution >= 4 is 34.4 Å². The van der Waals surface area contributed by atoms with Crippen molar-refractivity contribution in [1.29, 1.82) is 0 Å². The summed E-state index contributed by atoms with van der Waals surface area (Å²) in [5, 5.41) is 6.70. The number of piperidine rings is 1. The van der Waals surface area contributed by atoms with E-state index in [2.05, 4.69) is 25.2 Å². The van der Waals surface area contributed by atoms with Gasteiger partial charge in [0, 0.05) is 24.8 Å². The Bertz CT molecular complexity index is 1330. The summed E-state index contributed by atoms with van der Waals surface area (Å²) in [5.74, 6) is 0.164. The molecule has 1 amide bonds. The first-order chi connectivity index (χ1) is 16.6. The summed E-state index contributed by atoms with van der Waals surface area (Å²) in [7, 11) is 0. The van der Waals surface area contributed by atoms with E-state index in [1.165, 1.54) is 6.07 Å². The van der Waals surface area contributed by atoms with Gasteiger partial charge in [-0.2, -0.15) is 0 Å². The Morgan fingerprint density at radius 2 is 2.12 bits per heavy atom. The fraction of sp³-hybridized carbons (Fsp3) is 0.269. The van der Waals surface area contributed by atoms with E-state index in [4.69, 9.17) is 11.6 Å². The molecular weight excluding hydrogens is 453 g/mol. The van der Waals surface area contributed by atoms with E-state index in [1.807, 2.05) is 30.3 Å². The fourth-order valence-electron chi connectivity index (χ4n) is 4.38. The van der Waals surface area contributed by atoms with E-state index in [9.17, 15) is 9.18 Å². The molecule has 2 aromatic heterocycles. The molecule has 0 aliphatic carbocycles. The number of aryl methyl sites for hydroxylation is 2. The van der Waals surface area contributed by atoms with E-state index in [0.29, 0.717) is 30.4 Å². The van der Waals surface area contributed by atoms with E-state index < -0.39 is 0 Å². The summed E-state index contributed by atoms with van der Waals surface area (Å²) in [4.78, 5) is 21.4. The van der Waals surface area contributed by atoms with Crippen LogP contribution in [0, 0.1) is 11.7 Å². The third-order valence-corrected chi connectivity index (χ3v) is 6.54. The summed E-state index contributed by atoms with van der Waals surface area (Å²) in [6, 6.07) is 14.4. The zero-order valence-electron chi connectivity index (χ0n) is 18.6. The zero-order valence-corrected chi connectivity index (χ0v) is 19.4. The van der Waals surface area contributed by atoms with Crippen molar-refractivity contribution in [2.45, 2.75) is 25.8 Å². The number of carbonyl (C=O) groups is 1. The Labute approximate surface area is 202 Å². The molecule has 1 fully saturated rings. The highest BCUT2D eigenvalue weighted by Gasteiger charge is 2.21. The van der Waals surface area contributed by atoms with Crippen LogP contribution in [-0.2, 0) is 17.8 Å². The molecule has 34 heavy (non-hydrogen) atoms. The summed E-state index contributed by atoms with van der Waals surface area (Å²) >= 11 is 6.49. The molecular formula is C26H25ClFN5O. The average Bonchev–Trinajstić information content (AvgIpc) is 3.27. The minimum atomic E-state index is -0.231. The highest BCUT2D eigenvalue weighted by molar-refractivity contribution is 6.33. The molecule has 0 saturated carbocycles. The first kappa shape index (κ1) is 22.5. The van der Waals surface area contributed by atoms with Crippen LogP contribution in [0.2, 0.25) is 5.02 Å². The number of anilines is 1. The SMILES string of the molecule is O=C(Nc1cc(-c2ccc3ncn(CCc4cccc(F)c4)c3c2)c(Cl)cn1)C1CCCNC1. The van der Waals surface area contributed by atoms with Gasteiger partial charge in [0.15, 0.2) is 0 Å². The maximum Gasteiger partial charge on any atom is 0.229 e. The highest BCUT2D eigenvalue weighted by atomic mass is 35.5. The van der Waals surface area contributed by atoms with E-state index in [0.717, 1.165) is 47.1 Å². The van der Waals surface area contributed by atoms with Gasteiger partial charge in [-0.1, -0.05) is 29.8 Å². The molecule has 0 radical (unpaired) electrons. The molecule has 8 heteroatoms. The zero-order chi connectivity index (χ0) is 23.5. The molecule has 1 saturated heterocycles. The van der Waals surface area contributed by atoms with Gasteiger partial charge in [0.05, 0.1) is 28.3 Å². The van der Waals surface area contributed by atoms with Crippen molar-refractivity contribution in [3.05, 3.63) is 77.5 Å². The van der Waals surface area contributed by atoms with Crippen LogP contribution in [0.1, 0.15) is 18.4 Å². The number of fused-ring (bicyclic) bond motifs is 1. The van der Waals surface area contributed by atoms with Gasteiger partial charge < -0.3 is 15.2 Å².